The first-order valence-electron chi connectivity index (χ1n) is 7.05. The van der Waals surface area contributed by atoms with E-state index in [0.717, 1.165) is 4.57 Å². The molecule has 9 heteroatoms. The van der Waals surface area contributed by atoms with Gasteiger partial charge in [0.1, 0.15) is 12.4 Å². The molecule has 0 aliphatic carbocycles. The summed E-state index contributed by atoms with van der Waals surface area (Å²) in [7, 11) is 3.15. The topological polar surface area (TPSA) is 82.1 Å². The van der Waals surface area contributed by atoms with Gasteiger partial charge in [-0.1, -0.05) is 29.3 Å². The van der Waals surface area contributed by atoms with Gasteiger partial charge in [-0.2, -0.15) is 0 Å². The molecule has 0 saturated carbocycles. The highest BCUT2D eigenvalue weighted by atomic mass is 35.5. The van der Waals surface area contributed by atoms with Gasteiger partial charge in [0, 0.05) is 14.1 Å². The summed E-state index contributed by atoms with van der Waals surface area (Å²) in [5, 5.41) is 10.1. The van der Waals surface area contributed by atoms with Gasteiger partial charge < -0.3 is 9.67 Å². The fourth-order valence-electron chi connectivity index (χ4n) is 2.59. The van der Waals surface area contributed by atoms with Crippen molar-refractivity contribution in [1.82, 2.24) is 18.7 Å². The molecule has 24 heavy (non-hydrogen) atoms. The summed E-state index contributed by atoms with van der Waals surface area (Å²) in [6.45, 7) is -0.274. The third-order valence-corrected chi connectivity index (χ3v) is 4.66. The van der Waals surface area contributed by atoms with Crippen LogP contribution in [0.5, 0.6) is 0 Å². The van der Waals surface area contributed by atoms with Gasteiger partial charge in [0.15, 0.2) is 11.2 Å². The zero-order chi connectivity index (χ0) is 17.6. The third-order valence-electron chi connectivity index (χ3n) is 3.92. The highest BCUT2D eigenvalue weighted by Crippen LogP contribution is 2.22. The minimum Gasteiger partial charge on any atom is -0.388 e. The van der Waals surface area contributed by atoms with Crippen molar-refractivity contribution in [1.29, 1.82) is 0 Å². The molecule has 3 rings (SSSR count). The number of imidazole rings is 1. The Labute approximate surface area is 146 Å². The number of benzene rings is 1. The van der Waals surface area contributed by atoms with E-state index in [1.54, 1.807) is 25.2 Å². The standard InChI is InChI=1S/C15H14Cl2N4O3/c1-19-11(7-22)18-13-12(19)14(23)21(15(24)20(13)2)6-8-3-4-9(16)10(17)5-8/h3-5,22H,6-7H2,1-2H3. The number of aliphatic hydroxyl groups is 1. The van der Waals surface area contributed by atoms with Crippen LogP contribution in [-0.4, -0.2) is 23.8 Å². The van der Waals surface area contributed by atoms with Crippen LogP contribution in [0.2, 0.25) is 10.0 Å². The van der Waals surface area contributed by atoms with Gasteiger partial charge in [-0.15, -0.1) is 0 Å². The van der Waals surface area contributed by atoms with Crippen LogP contribution in [0.4, 0.5) is 0 Å². The predicted molar refractivity (Wildman–Crippen MR) is 91.7 cm³/mol. The highest BCUT2D eigenvalue weighted by Gasteiger charge is 2.18. The highest BCUT2D eigenvalue weighted by molar-refractivity contribution is 6.42. The van der Waals surface area contributed by atoms with Gasteiger partial charge in [-0.05, 0) is 17.7 Å². The van der Waals surface area contributed by atoms with Crippen LogP contribution in [0.3, 0.4) is 0 Å². The second-order valence-corrected chi connectivity index (χ2v) is 6.21. The van der Waals surface area contributed by atoms with E-state index in [-0.39, 0.29) is 24.3 Å². The van der Waals surface area contributed by atoms with Gasteiger partial charge in [0.25, 0.3) is 5.56 Å². The van der Waals surface area contributed by atoms with E-state index in [1.165, 1.54) is 16.2 Å². The molecule has 1 N–H and O–H groups in total. The Morgan fingerprint density at radius 2 is 1.83 bits per heavy atom. The summed E-state index contributed by atoms with van der Waals surface area (Å²) in [6.07, 6.45) is 0. The predicted octanol–water partition coefficient (Wildman–Crippen LogP) is 1.28. The first-order valence-corrected chi connectivity index (χ1v) is 7.80. The molecule has 0 spiro atoms. The number of aryl methyl sites for hydroxylation is 2. The van der Waals surface area contributed by atoms with E-state index < -0.39 is 11.2 Å². The molecule has 0 fully saturated rings. The van der Waals surface area contributed by atoms with Crippen molar-refractivity contribution in [3.63, 3.8) is 0 Å². The Balaban J connectivity index is 2.24. The molecule has 2 aromatic heterocycles. The molecule has 0 radical (unpaired) electrons. The second kappa shape index (κ2) is 6.08. The van der Waals surface area contributed by atoms with Crippen LogP contribution in [0.1, 0.15) is 11.4 Å². The van der Waals surface area contributed by atoms with E-state index in [0.29, 0.717) is 21.4 Å². The van der Waals surface area contributed by atoms with Crippen molar-refractivity contribution in [2.75, 3.05) is 0 Å². The van der Waals surface area contributed by atoms with Crippen molar-refractivity contribution < 1.29 is 5.11 Å². The van der Waals surface area contributed by atoms with Crippen molar-refractivity contribution in [2.45, 2.75) is 13.2 Å². The summed E-state index contributed by atoms with van der Waals surface area (Å²) in [4.78, 5) is 29.4. The fraction of sp³-hybridized carbons (Fsp3) is 0.267. The molecule has 0 atom stereocenters. The van der Waals surface area contributed by atoms with Crippen molar-refractivity contribution in [3.05, 3.63) is 60.5 Å². The molecule has 0 amide bonds. The number of halogens is 2. The number of nitrogens with zero attached hydrogens (tertiary/aromatic N) is 4. The van der Waals surface area contributed by atoms with Gasteiger partial charge in [-0.25, -0.2) is 9.78 Å². The van der Waals surface area contributed by atoms with Crippen LogP contribution < -0.4 is 11.2 Å². The maximum absolute atomic E-state index is 12.8. The monoisotopic (exact) mass is 368 g/mol. The van der Waals surface area contributed by atoms with Crippen molar-refractivity contribution in [2.24, 2.45) is 14.1 Å². The number of rotatable bonds is 3. The van der Waals surface area contributed by atoms with Gasteiger partial charge in [0.05, 0.1) is 16.6 Å². The molecule has 7 nitrogen and oxygen atoms in total. The lowest BCUT2D eigenvalue weighted by atomic mass is 10.2. The van der Waals surface area contributed by atoms with Crippen molar-refractivity contribution >= 4 is 34.4 Å². The average molecular weight is 369 g/mol. The van der Waals surface area contributed by atoms with Crippen LogP contribution in [-0.2, 0) is 27.2 Å². The fourth-order valence-corrected chi connectivity index (χ4v) is 2.91. The van der Waals surface area contributed by atoms with Crippen molar-refractivity contribution in [3.8, 4) is 0 Å². The Bertz CT molecular complexity index is 1070. The van der Waals surface area contributed by atoms with Gasteiger partial charge in [0.2, 0.25) is 0 Å². The Hall–Kier alpha value is -2.09. The minimum absolute atomic E-state index is 0.0535. The summed E-state index contributed by atoms with van der Waals surface area (Å²) in [6, 6.07) is 4.93. The lowest BCUT2D eigenvalue weighted by molar-refractivity contribution is 0.268. The maximum atomic E-state index is 12.8. The zero-order valence-electron chi connectivity index (χ0n) is 13.0. The Morgan fingerprint density at radius 3 is 2.46 bits per heavy atom. The quantitative estimate of drug-likeness (QED) is 0.754. The SMILES string of the molecule is Cn1c(CO)nc2c1c(=O)n(Cc1ccc(Cl)c(Cl)c1)c(=O)n2C. The molecule has 2 heterocycles. The van der Waals surface area contributed by atoms with E-state index in [4.69, 9.17) is 23.2 Å². The molecule has 0 unspecified atom stereocenters. The van der Waals surface area contributed by atoms with Crippen LogP contribution in [0.25, 0.3) is 11.2 Å². The third kappa shape index (κ3) is 2.54. The molecule has 0 saturated heterocycles. The molecule has 0 aliphatic rings. The largest absolute Gasteiger partial charge is 0.388 e. The lowest BCUT2D eigenvalue weighted by Gasteiger charge is -2.09. The Kier molecular flexibility index (Phi) is 4.25. The molecular formula is C15H14Cl2N4O3. The number of fused-ring (bicyclic) bond motifs is 1. The normalized spacial score (nSPS) is 11.4. The number of hydrogen-bond acceptors (Lipinski definition) is 4. The maximum Gasteiger partial charge on any atom is 0.332 e. The average Bonchev–Trinajstić information content (AvgIpc) is 2.89. The number of aliphatic hydroxyl groups excluding tert-OH is 1. The summed E-state index contributed by atoms with van der Waals surface area (Å²) >= 11 is 11.9. The second-order valence-electron chi connectivity index (χ2n) is 5.40. The van der Waals surface area contributed by atoms with Gasteiger partial charge >= 0.3 is 5.69 Å². The van der Waals surface area contributed by atoms with Crippen LogP contribution in [0.15, 0.2) is 27.8 Å². The first kappa shape index (κ1) is 16.8. The first-order chi connectivity index (χ1) is 11.3. The molecule has 3 aromatic rings. The summed E-state index contributed by atoms with van der Waals surface area (Å²) < 4.78 is 3.88. The lowest BCUT2D eigenvalue weighted by Crippen LogP contribution is -2.39. The summed E-state index contributed by atoms with van der Waals surface area (Å²) in [5.41, 5.74) is 0.186. The minimum atomic E-state index is -0.499. The molecular weight excluding hydrogens is 355 g/mol. The van der Waals surface area contributed by atoms with E-state index in [9.17, 15) is 14.7 Å². The molecule has 126 valence electrons. The smallest absolute Gasteiger partial charge is 0.332 e. The van der Waals surface area contributed by atoms with E-state index in [1.807, 2.05) is 0 Å². The number of hydrogen-bond donors (Lipinski definition) is 1. The van der Waals surface area contributed by atoms with E-state index >= 15 is 0 Å². The van der Waals surface area contributed by atoms with Crippen LogP contribution in [0, 0.1) is 0 Å². The summed E-state index contributed by atoms with van der Waals surface area (Å²) in [5.74, 6) is 0.310. The molecule has 0 bridgehead atoms. The molecule has 1 aromatic carbocycles. The van der Waals surface area contributed by atoms with Gasteiger partial charge in [-0.3, -0.25) is 13.9 Å². The molecule has 0 aliphatic heterocycles. The van der Waals surface area contributed by atoms with E-state index in [2.05, 4.69) is 4.98 Å². The van der Waals surface area contributed by atoms with Crippen LogP contribution >= 0.6 is 23.2 Å². The number of aromatic nitrogens is 4. The zero-order valence-corrected chi connectivity index (χ0v) is 14.5. The Morgan fingerprint density at radius 1 is 1.12 bits per heavy atom.